The highest BCUT2D eigenvalue weighted by Crippen LogP contribution is 2.26. The van der Waals surface area contributed by atoms with E-state index in [0.29, 0.717) is 0 Å². The lowest BCUT2D eigenvalue weighted by molar-refractivity contribution is -0.384. The van der Waals surface area contributed by atoms with Crippen molar-refractivity contribution in [1.29, 1.82) is 0 Å². The summed E-state index contributed by atoms with van der Waals surface area (Å²) in [7, 11) is 1.37. The first-order valence-corrected chi connectivity index (χ1v) is 5.55. The zero-order valence-electron chi connectivity index (χ0n) is 10.8. The molecule has 0 saturated heterocycles. The number of carbonyl (C=O) groups is 1. The molecule has 1 aromatic heterocycles. The summed E-state index contributed by atoms with van der Waals surface area (Å²) in [5, 5.41) is 22.5. The Labute approximate surface area is 109 Å². The minimum Gasteiger partial charge on any atom is -0.481 e. The molecule has 1 unspecified atom stereocenters. The van der Waals surface area contributed by atoms with Crippen molar-refractivity contribution in [2.75, 3.05) is 12.4 Å². The van der Waals surface area contributed by atoms with Crippen LogP contribution in [-0.2, 0) is 4.79 Å². The normalized spacial score (nSPS) is 12.0. The summed E-state index contributed by atoms with van der Waals surface area (Å²) in [6, 6.07) is 1.58. The number of nitrogens with one attached hydrogen (secondary N) is 1. The summed E-state index contributed by atoms with van der Waals surface area (Å²) < 4.78 is 4.87. The molecule has 0 spiro atoms. The molecule has 0 bridgehead atoms. The van der Waals surface area contributed by atoms with Gasteiger partial charge in [-0.3, -0.25) is 10.1 Å². The number of pyridine rings is 1. The lowest BCUT2D eigenvalue weighted by atomic mass is 10.0. The fraction of sp³-hybridized carbons (Fsp3) is 0.455. The van der Waals surface area contributed by atoms with E-state index >= 15 is 0 Å². The van der Waals surface area contributed by atoms with E-state index in [1.807, 2.05) is 0 Å². The van der Waals surface area contributed by atoms with E-state index < -0.39 is 16.9 Å². The number of methoxy groups -OCH3 is 1. The van der Waals surface area contributed by atoms with Crippen LogP contribution in [0.5, 0.6) is 5.88 Å². The number of aliphatic carboxylic acids is 1. The summed E-state index contributed by atoms with van der Waals surface area (Å²) >= 11 is 0. The Kier molecular flexibility index (Phi) is 4.62. The monoisotopic (exact) mass is 269 g/mol. The number of carboxylic acid groups (broad SMARTS) is 1. The SMILES string of the molecule is COc1ccc([N+](=O)[O-])c(NC(C(=O)O)C(C)C)n1. The molecule has 19 heavy (non-hydrogen) atoms. The van der Waals surface area contributed by atoms with Gasteiger partial charge < -0.3 is 15.2 Å². The Balaban J connectivity index is 3.15. The molecule has 0 aliphatic carbocycles. The second-order valence-electron chi connectivity index (χ2n) is 4.18. The third-order valence-corrected chi connectivity index (χ3v) is 2.48. The third-order valence-electron chi connectivity index (χ3n) is 2.48. The molecule has 1 atom stereocenters. The molecule has 1 heterocycles. The van der Waals surface area contributed by atoms with Crippen LogP contribution in [0.25, 0.3) is 0 Å². The number of hydrogen-bond donors (Lipinski definition) is 2. The van der Waals surface area contributed by atoms with Crippen LogP contribution in [-0.4, -0.2) is 34.1 Å². The molecule has 0 aliphatic heterocycles. The van der Waals surface area contributed by atoms with Crippen molar-refractivity contribution in [3.05, 3.63) is 22.2 Å². The van der Waals surface area contributed by atoms with Crippen molar-refractivity contribution in [2.45, 2.75) is 19.9 Å². The van der Waals surface area contributed by atoms with Gasteiger partial charge in [0.25, 0.3) is 0 Å². The van der Waals surface area contributed by atoms with Crippen molar-refractivity contribution >= 4 is 17.5 Å². The van der Waals surface area contributed by atoms with Crippen molar-refractivity contribution < 1.29 is 19.6 Å². The lowest BCUT2D eigenvalue weighted by Crippen LogP contribution is -2.34. The zero-order valence-corrected chi connectivity index (χ0v) is 10.8. The number of anilines is 1. The van der Waals surface area contributed by atoms with Crippen LogP contribution < -0.4 is 10.1 Å². The van der Waals surface area contributed by atoms with Gasteiger partial charge in [0.1, 0.15) is 6.04 Å². The molecule has 1 rings (SSSR count). The molecule has 0 amide bonds. The summed E-state index contributed by atoms with van der Waals surface area (Å²) in [6.45, 7) is 3.38. The van der Waals surface area contributed by atoms with E-state index in [9.17, 15) is 14.9 Å². The van der Waals surface area contributed by atoms with Gasteiger partial charge in [0, 0.05) is 12.1 Å². The van der Waals surface area contributed by atoms with E-state index in [0.717, 1.165) is 0 Å². The van der Waals surface area contributed by atoms with Crippen molar-refractivity contribution in [3.63, 3.8) is 0 Å². The highest BCUT2D eigenvalue weighted by Gasteiger charge is 2.26. The standard InChI is InChI=1S/C11H15N3O5/c1-6(2)9(11(15)16)13-10-7(14(17)18)4-5-8(12-10)19-3/h4-6,9H,1-3H3,(H,12,13)(H,15,16). The van der Waals surface area contributed by atoms with Crippen LogP contribution in [0.1, 0.15) is 13.8 Å². The second kappa shape index (κ2) is 5.98. The van der Waals surface area contributed by atoms with E-state index in [2.05, 4.69) is 10.3 Å². The highest BCUT2D eigenvalue weighted by molar-refractivity contribution is 5.78. The molecular weight excluding hydrogens is 254 g/mol. The number of nitro groups is 1. The fourth-order valence-electron chi connectivity index (χ4n) is 1.46. The Bertz CT molecular complexity index is 489. The average Bonchev–Trinajstić information content (AvgIpc) is 2.34. The Morgan fingerprint density at radius 2 is 2.16 bits per heavy atom. The lowest BCUT2D eigenvalue weighted by Gasteiger charge is -2.18. The smallest absolute Gasteiger partial charge is 0.326 e. The van der Waals surface area contributed by atoms with Gasteiger partial charge in [-0.15, -0.1) is 0 Å². The van der Waals surface area contributed by atoms with E-state index in [-0.39, 0.29) is 23.3 Å². The Morgan fingerprint density at radius 1 is 1.53 bits per heavy atom. The van der Waals surface area contributed by atoms with Gasteiger partial charge in [-0.2, -0.15) is 4.98 Å². The quantitative estimate of drug-likeness (QED) is 0.594. The fourth-order valence-corrected chi connectivity index (χ4v) is 1.46. The predicted molar refractivity (Wildman–Crippen MR) is 67.3 cm³/mol. The molecule has 8 heteroatoms. The van der Waals surface area contributed by atoms with Gasteiger partial charge in [0.2, 0.25) is 11.7 Å². The van der Waals surface area contributed by atoms with Gasteiger partial charge in [-0.25, -0.2) is 4.79 Å². The number of hydrogen-bond acceptors (Lipinski definition) is 6. The van der Waals surface area contributed by atoms with Crippen molar-refractivity contribution in [2.24, 2.45) is 5.92 Å². The van der Waals surface area contributed by atoms with Gasteiger partial charge >= 0.3 is 11.7 Å². The predicted octanol–water partition coefficient (Wildman–Crippen LogP) is 1.52. The maximum absolute atomic E-state index is 11.1. The maximum atomic E-state index is 11.1. The molecule has 8 nitrogen and oxygen atoms in total. The number of carboxylic acids is 1. The summed E-state index contributed by atoms with van der Waals surface area (Å²) in [6.07, 6.45) is 0. The van der Waals surface area contributed by atoms with Crippen LogP contribution in [0.15, 0.2) is 12.1 Å². The topological polar surface area (TPSA) is 115 Å². The number of nitrogens with zero attached hydrogens (tertiary/aromatic N) is 2. The molecular formula is C11H15N3O5. The molecule has 0 aliphatic rings. The van der Waals surface area contributed by atoms with E-state index in [4.69, 9.17) is 9.84 Å². The van der Waals surface area contributed by atoms with Crippen LogP contribution in [0, 0.1) is 16.0 Å². The number of rotatable bonds is 6. The largest absolute Gasteiger partial charge is 0.481 e. The van der Waals surface area contributed by atoms with E-state index in [1.54, 1.807) is 13.8 Å². The van der Waals surface area contributed by atoms with Crippen molar-refractivity contribution in [3.8, 4) is 5.88 Å². The first-order valence-electron chi connectivity index (χ1n) is 5.55. The molecule has 1 aromatic rings. The van der Waals surface area contributed by atoms with Crippen LogP contribution in [0.2, 0.25) is 0 Å². The Hall–Kier alpha value is -2.38. The average molecular weight is 269 g/mol. The zero-order chi connectivity index (χ0) is 14.6. The van der Waals surface area contributed by atoms with Crippen LogP contribution in [0.4, 0.5) is 11.5 Å². The van der Waals surface area contributed by atoms with Gasteiger partial charge in [-0.05, 0) is 5.92 Å². The summed E-state index contributed by atoms with van der Waals surface area (Å²) in [5.41, 5.74) is -0.298. The highest BCUT2D eigenvalue weighted by atomic mass is 16.6. The number of aromatic nitrogens is 1. The number of ether oxygens (including phenoxy) is 1. The van der Waals surface area contributed by atoms with Gasteiger partial charge in [0.15, 0.2) is 0 Å². The Morgan fingerprint density at radius 3 is 2.58 bits per heavy atom. The van der Waals surface area contributed by atoms with Crippen LogP contribution in [0.3, 0.4) is 0 Å². The minimum atomic E-state index is -1.10. The molecule has 0 radical (unpaired) electrons. The molecule has 104 valence electrons. The molecule has 0 fully saturated rings. The molecule has 0 aromatic carbocycles. The summed E-state index contributed by atoms with van der Waals surface area (Å²) in [5.74, 6) is -1.31. The molecule has 2 N–H and O–H groups in total. The van der Waals surface area contributed by atoms with E-state index in [1.165, 1.54) is 19.2 Å². The third kappa shape index (κ3) is 3.54. The second-order valence-corrected chi connectivity index (χ2v) is 4.18. The van der Waals surface area contributed by atoms with Gasteiger partial charge in [-0.1, -0.05) is 13.8 Å². The molecule has 0 saturated carbocycles. The minimum absolute atomic E-state index is 0.120. The first kappa shape index (κ1) is 14.7. The van der Waals surface area contributed by atoms with Crippen LogP contribution >= 0.6 is 0 Å². The maximum Gasteiger partial charge on any atom is 0.326 e. The van der Waals surface area contributed by atoms with Crippen molar-refractivity contribution in [1.82, 2.24) is 4.98 Å². The van der Waals surface area contributed by atoms with Gasteiger partial charge in [0.05, 0.1) is 12.0 Å². The first-order chi connectivity index (χ1) is 8.86. The summed E-state index contributed by atoms with van der Waals surface area (Å²) in [4.78, 5) is 25.2.